The number of nitrogens with one attached hydrogen (secondary N) is 2. The Balaban J connectivity index is 1.40. The van der Waals surface area contributed by atoms with Gasteiger partial charge in [0.1, 0.15) is 5.82 Å². The average Bonchev–Trinajstić information content (AvgIpc) is 2.65. The molecule has 1 unspecified atom stereocenters. The van der Waals surface area contributed by atoms with Crippen LogP contribution in [0.4, 0.5) is 14.9 Å². The number of para-hydroxylation sites is 1. The summed E-state index contributed by atoms with van der Waals surface area (Å²) in [4.78, 5) is 14.2. The van der Waals surface area contributed by atoms with E-state index >= 15 is 0 Å². The van der Waals surface area contributed by atoms with Crippen LogP contribution in [-0.2, 0) is 0 Å². The zero-order valence-corrected chi connectivity index (χ0v) is 14.7. The topological polar surface area (TPSA) is 44.4 Å². The summed E-state index contributed by atoms with van der Waals surface area (Å²) >= 11 is 0. The van der Waals surface area contributed by atoms with Crippen LogP contribution >= 0.6 is 0 Å². The van der Waals surface area contributed by atoms with Crippen molar-refractivity contribution in [2.24, 2.45) is 0 Å². The van der Waals surface area contributed by atoms with Gasteiger partial charge in [0, 0.05) is 31.1 Å². The highest BCUT2D eigenvalue weighted by Gasteiger charge is 2.48. The summed E-state index contributed by atoms with van der Waals surface area (Å²) in [5.41, 5.74) is 2.72. The number of urea groups is 1. The molecule has 0 saturated carbocycles. The van der Waals surface area contributed by atoms with Crippen LogP contribution in [0.25, 0.3) is 6.08 Å². The van der Waals surface area contributed by atoms with Crippen LogP contribution in [0.2, 0.25) is 0 Å². The molecule has 0 spiro atoms. The lowest BCUT2D eigenvalue weighted by molar-refractivity contribution is 0.0759. The highest BCUT2D eigenvalue weighted by molar-refractivity contribution is 5.89. The van der Waals surface area contributed by atoms with Crippen molar-refractivity contribution in [3.8, 4) is 0 Å². The molecule has 0 radical (unpaired) electrons. The third-order valence-electron chi connectivity index (χ3n) is 5.21. The third-order valence-corrected chi connectivity index (χ3v) is 5.21. The fourth-order valence-corrected chi connectivity index (χ4v) is 3.94. The summed E-state index contributed by atoms with van der Waals surface area (Å²) < 4.78 is 13.7. The fourth-order valence-electron chi connectivity index (χ4n) is 3.94. The lowest BCUT2D eigenvalue weighted by Gasteiger charge is -2.54. The second kappa shape index (κ2) is 6.92. The first-order valence-electron chi connectivity index (χ1n) is 8.95. The number of halogens is 1. The van der Waals surface area contributed by atoms with E-state index in [1.54, 1.807) is 23.1 Å². The Morgan fingerprint density at radius 2 is 1.85 bits per heavy atom. The largest absolute Gasteiger partial charge is 0.322 e. The maximum atomic E-state index is 13.7. The number of fused-ring (bicyclic) bond motifs is 2. The van der Waals surface area contributed by atoms with Crippen LogP contribution in [-0.4, -0.2) is 36.1 Å². The summed E-state index contributed by atoms with van der Waals surface area (Å²) in [7, 11) is 0. The predicted molar refractivity (Wildman–Crippen MR) is 102 cm³/mol. The highest BCUT2D eigenvalue weighted by Crippen LogP contribution is 2.37. The summed E-state index contributed by atoms with van der Waals surface area (Å²) in [5.74, 6) is 0.00686. The zero-order valence-electron chi connectivity index (χ0n) is 14.7. The maximum absolute atomic E-state index is 13.7. The van der Waals surface area contributed by atoms with Gasteiger partial charge >= 0.3 is 6.03 Å². The van der Waals surface area contributed by atoms with Gasteiger partial charge in [0.15, 0.2) is 0 Å². The standard InChI is InChI=1S/C21H22FN3O/c1-2-5-14-8-10-15(11-9-14)20-18-12-25(13-19(20)23-18)21(26)24-17-7-4-3-6-16(17)22/h2-11,18-20,23H,12-13H2,1H3,(H,24,26)/t18-,19+,20?. The number of allylic oxidation sites excluding steroid dienone is 1. The molecule has 3 fully saturated rings. The molecule has 3 saturated heterocycles. The van der Waals surface area contributed by atoms with E-state index in [9.17, 15) is 9.18 Å². The van der Waals surface area contributed by atoms with Gasteiger partial charge in [-0.2, -0.15) is 0 Å². The van der Waals surface area contributed by atoms with E-state index < -0.39 is 5.82 Å². The molecule has 0 aromatic heterocycles. The zero-order chi connectivity index (χ0) is 18.1. The predicted octanol–water partition coefficient (Wildman–Crippen LogP) is 3.83. The van der Waals surface area contributed by atoms with Crippen molar-refractivity contribution in [3.63, 3.8) is 0 Å². The molecule has 2 aromatic carbocycles. The fraction of sp³-hybridized carbons (Fsp3) is 0.286. The van der Waals surface area contributed by atoms with Gasteiger partial charge in [-0.15, -0.1) is 0 Å². The molecule has 2 bridgehead atoms. The second-order valence-corrected chi connectivity index (χ2v) is 6.89. The number of anilines is 1. The molecule has 5 rings (SSSR count). The number of piperidine rings is 1. The summed E-state index contributed by atoms with van der Waals surface area (Å²) in [5, 5.41) is 6.19. The Kier molecular flexibility index (Phi) is 4.47. The smallest absolute Gasteiger partial charge is 0.321 e. The lowest BCUT2D eigenvalue weighted by atomic mass is 9.74. The third kappa shape index (κ3) is 3.10. The Morgan fingerprint density at radius 3 is 2.50 bits per heavy atom. The van der Waals surface area contributed by atoms with Gasteiger partial charge in [-0.05, 0) is 30.2 Å². The quantitative estimate of drug-likeness (QED) is 0.883. The number of amides is 2. The number of nitrogens with zero attached hydrogens (tertiary/aromatic N) is 1. The Labute approximate surface area is 152 Å². The van der Waals surface area contributed by atoms with Gasteiger partial charge in [-0.3, -0.25) is 0 Å². The number of carbonyl (C=O) groups is 1. The summed E-state index contributed by atoms with van der Waals surface area (Å²) in [6, 6.07) is 15.1. The molecule has 0 aliphatic carbocycles. The number of hydrogen-bond acceptors (Lipinski definition) is 2. The van der Waals surface area contributed by atoms with E-state index in [1.807, 2.05) is 13.0 Å². The number of piperazine rings is 1. The number of benzene rings is 2. The van der Waals surface area contributed by atoms with Crippen molar-refractivity contribution in [1.29, 1.82) is 0 Å². The van der Waals surface area contributed by atoms with Crippen LogP contribution in [0.3, 0.4) is 0 Å². The first-order chi connectivity index (χ1) is 12.7. The van der Waals surface area contributed by atoms with Crippen LogP contribution in [0.15, 0.2) is 54.6 Å². The Bertz CT molecular complexity index is 821. The molecule has 4 nitrogen and oxygen atoms in total. The van der Waals surface area contributed by atoms with Gasteiger partial charge in [-0.1, -0.05) is 48.6 Å². The number of carbonyl (C=O) groups excluding carboxylic acids is 1. The molecule has 2 aromatic rings. The highest BCUT2D eigenvalue weighted by atomic mass is 19.1. The van der Waals surface area contributed by atoms with Gasteiger partial charge in [0.05, 0.1) is 5.69 Å². The summed E-state index contributed by atoms with van der Waals surface area (Å²) in [6.45, 7) is 3.26. The molecule has 3 aliphatic rings. The van der Waals surface area contributed by atoms with Gasteiger partial charge < -0.3 is 15.5 Å². The molecule has 3 atom stereocenters. The molecule has 26 heavy (non-hydrogen) atoms. The summed E-state index contributed by atoms with van der Waals surface area (Å²) in [6.07, 6.45) is 4.11. The van der Waals surface area contributed by atoms with Crippen molar-refractivity contribution in [3.05, 3.63) is 71.6 Å². The first kappa shape index (κ1) is 16.8. The lowest BCUT2D eigenvalue weighted by Crippen LogP contribution is -2.72. The van der Waals surface area contributed by atoms with E-state index in [0.29, 0.717) is 19.0 Å². The van der Waals surface area contributed by atoms with Crippen LogP contribution in [0.5, 0.6) is 0 Å². The van der Waals surface area contributed by atoms with Crippen molar-refractivity contribution in [1.82, 2.24) is 10.2 Å². The van der Waals surface area contributed by atoms with Gasteiger partial charge in [-0.25, -0.2) is 9.18 Å². The normalized spacial score (nSPS) is 24.4. The van der Waals surface area contributed by atoms with E-state index in [0.717, 1.165) is 0 Å². The molecular weight excluding hydrogens is 329 g/mol. The van der Waals surface area contributed by atoms with Crippen LogP contribution in [0, 0.1) is 5.82 Å². The second-order valence-electron chi connectivity index (χ2n) is 6.89. The number of hydrogen-bond donors (Lipinski definition) is 2. The minimum absolute atomic E-state index is 0.223. The Hall–Kier alpha value is -2.66. The first-order valence-corrected chi connectivity index (χ1v) is 8.95. The number of rotatable bonds is 3. The molecule has 134 valence electrons. The molecular formula is C21H22FN3O. The molecule has 2 N–H and O–H groups in total. The van der Waals surface area contributed by atoms with Crippen LogP contribution < -0.4 is 10.6 Å². The van der Waals surface area contributed by atoms with Crippen LogP contribution in [0.1, 0.15) is 24.0 Å². The monoisotopic (exact) mass is 351 g/mol. The molecule has 5 heteroatoms. The maximum Gasteiger partial charge on any atom is 0.322 e. The van der Waals surface area contributed by atoms with Crippen molar-refractivity contribution >= 4 is 17.8 Å². The van der Waals surface area contributed by atoms with Crippen molar-refractivity contribution in [2.45, 2.75) is 24.9 Å². The van der Waals surface area contributed by atoms with E-state index in [2.05, 4.69) is 41.0 Å². The molecule has 3 aliphatic heterocycles. The molecule has 3 heterocycles. The van der Waals surface area contributed by atoms with E-state index in [-0.39, 0.29) is 23.8 Å². The van der Waals surface area contributed by atoms with Gasteiger partial charge in [0.25, 0.3) is 0 Å². The minimum atomic E-state index is -0.416. The minimum Gasteiger partial charge on any atom is -0.321 e. The molecule has 2 amide bonds. The van der Waals surface area contributed by atoms with Gasteiger partial charge in [0.2, 0.25) is 0 Å². The average molecular weight is 351 g/mol. The van der Waals surface area contributed by atoms with E-state index in [4.69, 9.17) is 0 Å². The SMILES string of the molecule is CC=Cc1ccc(C2[C@@H]3CN(C(=O)Nc4ccccc4F)C[C@H]2N3)cc1. The van der Waals surface area contributed by atoms with Crippen molar-refractivity contribution < 1.29 is 9.18 Å². The van der Waals surface area contributed by atoms with E-state index in [1.165, 1.54) is 17.2 Å². The Morgan fingerprint density at radius 1 is 1.15 bits per heavy atom. The van der Waals surface area contributed by atoms with Crippen molar-refractivity contribution in [2.75, 3.05) is 18.4 Å².